The highest BCUT2D eigenvalue weighted by Gasteiger charge is 2.17. The van der Waals surface area contributed by atoms with Gasteiger partial charge in [-0.25, -0.2) is 0 Å². The molecular formula is C14H25N3O. The highest BCUT2D eigenvalue weighted by Crippen LogP contribution is 2.28. The van der Waals surface area contributed by atoms with Gasteiger partial charge in [-0.15, -0.1) is 10.2 Å². The van der Waals surface area contributed by atoms with Crippen molar-refractivity contribution in [2.75, 3.05) is 6.54 Å². The van der Waals surface area contributed by atoms with Crippen LogP contribution < -0.4 is 5.32 Å². The van der Waals surface area contributed by atoms with Crippen molar-refractivity contribution in [3.05, 3.63) is 11.8 Å². The minimum Gasteiger partial charge on any atom is -0.424 e. The predicted molar refractivity (Wildman–Crippen MR) is 71.3 cm³/mol. The van der Waals surface area contributed by atoms with Gasteiger partial charge < -0.3 is 9.73 Å². The van der Waals surface area contributed by atoms with Crippen LogP contribution in [0.4, 0.5) is 0 Å². The summed E-state index contributed by atoms with van der Waals surface area (Å²) in [5.41, 5.74) is 0. The molecule has 1 aromatic rings. The van der Waals surface area contributed by atoms with Crippen LogP contribution in [-0.4, -0.2) is 16.7 Å². The maximum Gasteiger partial charge on any atom is 0.233 e. The molecule has 102 valence electrons. The Kier molecular flexibility index (Phi) is 5.17. The standard InChI is InChI=1S/C14H25N3O/c1-3-10-15-11(2)14-17-16-13(18-14)9-8-12-6-4-5-7-12/h11-12,15H,3-10H2,1-2H3. The quantitative estimate of drug-likeness (QED) is 0.808. The molecule has 1 aliphatic rings. The summed E-state index contributed by atoms with van der Waals surface area (Å²) in [5.74, 6) is 2.42. The molecule has 1 fully saturated rings. The van der Waals surface area contributed by atoms with Gasteiger partial charge in [0.25, 0.3) is 0 Å². The van der Waals surface area contributed by atoms with Crippen molar-refractivity contribution >= 4 is 0 Å². The van der Waals surface area contributed by atoms with Crippen LogP contribution in [0.3, 0.4) is 0 Å². The van der Waals surface area contributed by atoms with Gasteiger partial charge in [0.15, 0.2) is 0 Å². The minimum atomic E-state index is 0.165. The third kappa shape index (κ3) is 3.80. The first kappa shape index (κ1) is 13.5. The van der Waals surface area contributed by atoms with Crippen molar-refractivity contribution in [2.24, 2.45) is 5.92 Å². The van der Waals surface area contributed by atoms with Gasteiger partial charge in [0, 0.05) is 6.42 Å². The van der Waals surface area contributed by atoms with Gasteiger partial charge in [-0.1, -0.05) is 32.6 Å². The lowest BCUT2D eigenvalue weighted by Gasteiger charge is -2.08. The summed E-state index contributed by atoms with van der Waals surface area (Å²) in [6, 6.07) is 0.165. The summed E-state index contributed by atoms with van der Waals surface area (Å²) in [6.07, 6.45) is 8.84. The van der Waals surface area contributed by atoms with Gasteiger partial charge in [-0.05, 0) is 32.2 Å². The maximum absolute atomic E-state index is 5.72. The monoisotopic (exact) mass is 251 g/mol. The lowest BCUT2D eigenvalue weighted by Crippen LogP contribution is -2.19. The van der Waals surface area contributed by atoms with E-state index in [4.69, 9.17) is 4.42 Å². The highest BCUT2D eigenvalue weighted by atomic mass is 16.4. The zero-order valence-electron chi connectivity index (χ0n) is 11.6. The second kappa shape index (κ2) is 6.88. The van der Waals surface area contributed by atoms with Crippen LogP contribution in [-0.2, 0) is 6.42 Å². The van der Waals surface area contributed by atoms with Gasteiger partial charge in [-0.3, -0.25) is 0 Å². The number of rotatable bonds is 7. The van der Waals surface area contributed by atoms with Crippen LogP contribution in [0.5, 0.6) is 0 Å². The van der Waals surface area contributed by atoms with E-state index in [1.54, 1.807) is 0 Å². The molecule has 0 bridgehead atoms. The molecule has 1 aromatic heterocycles. The maximum atomic E-state index is 5.72. The second-order valence-corrected chi connectivity index (χ2v) is 5.40. The van der Waals surface area contributed by atoms with E-state index in [-0.39, 0.29) is 6.04 Å². The number of hydrogen-bond acceptors (Lipinski definition) is 4. The Morgan fingerprint density at radius 3 is 2.83 bits per heavy atom. The molecule has 0 aromatic carbocycles. The van der Waals surface area contributed by atoms with Crippen LogP contribution >= 0.6 is 0 Å². The molecule has 1 unspecified atom stereocenters. The third-order valence-electron chi connectivity index (χ3n) is 3.79. The molecule has 4 nitrogen and oxygen atoms in total. The summed E-state index contributed by atoms with van der Waals surface area (Å²) >= 11 is 0. The molecule has 0 spiro atoms. The van der Waals surface area contributed by atoms with Gasteiger partial charge in [0.2, 0.25) is 11.8 Å². The van der Waals surface area contributed by atoms with E-state index in [2.05, 4.69) is 29.4 Å². The topological polar surface area (TPSA) is 51.0 Å². The molecule has 0 amide bonds. The van der Waals surface area contributed by atoms with Crippen molar-refractivity contribution in [3.63, 3.8) is 0 Å². The molecular weight excluding hydrogens is 226 g/mol. The van der Waals surface area contributed by atoms with Gasteiger partial charge in [0.1, 0.15) is 0 Å². The first-order valence-corrected chi connectivity index (χ1v) is 7.35. The first-order chi connectivity index (χ1) is 8.79. The largest absolute Gasteiger partial charge is 0.424 e. The number of hydrogen-bond donors (Lipinski definition) is 1. The zero-order chi connectivity index (χ0) is 12.8. The number of nitrogens with one attached hydrogen (secondary N) is 1. The van der Waals surface area contributed by atoms with E-state index in [9.17, 15) is 0 Å². The molecule has 1 atom stereocenters. The van der Waals surface area contributed by atoms with Crippen molar-refractivity contribution < 1.29 is 4.42 Å². The summed E-state index contributed by atoms with van der Waals surface area (Å²) in [7, 11) is 0. The van der Waals surface area contributed by atoms with Crippen molar-refractivity contribution in [2.45, 2.75) is 64.8 Å². The molecule has 1 N–H and O–H groups in total. The Morgan fingerprint density at radius 2 is 2.11 bits per heavy atom. The lowest BCUT2D eigenvalue weighted by molar-refractivity contribution is 0.379. The SMILES string of the molecule is CCCNC(C)c1nnc(CCC2CCCC2)o1. The summed E-state index contributed by atoms with van der Waals surface area (Å²) in [6.45, 7) is 5.21. The van der Waals surface area contributed by atoms with Gasteiger partial charge >= 0.3 is 0 Å². The average Bonchev–Trinajstić information content (AvgIpc) is 3.04. The minimum absolute atomic E-state index is 0.165. The average molecular weight is 251 g/mol. The van der Waals surface area contributed by atoms with Crippen LogP contribution in [0.2, 0.25) is 0 Å². The van der Waals surface area contributed by atoms with E-state index in [0.717, 1.165) is 37.1 Å². The summed E-state index contributed by atoms with van der Waals surface area (Å²) in [5, 5.41) is 11.6. The van der Waals surface area contributed by atoms with Crippen LogP contribution in [0.25, 0.3) is 0 Å². The number of aromatic nitrogens is 2. The Labute approximate surface area is 110 Å². The van der Waals surface area contributed by atoms with Crippen LogP contribution in [0.15, 0.2) is 4.42 Å². The molecule has 0 radical (unpaired) electrons. The fourth-order valence-electron chi connectivity index (χ4n) is 2.62. The van der Waals surface area contributed by atoms with E-state index >= 15 is 0 Å². The molecule has 0 saturated heterocycles. The van der Waals surface area contributed by atoms with E-state index < -0.39 is 0 Å². The molecule has 2 rings (SSSR count). The first-order valence-electron chi connectivity index (χ1n) is 7.35. The Hall–Kier alpha value is -0.900. The van der Waals surface area contributed by atoms with Crippen LogP contribution in [0, 0.1) is 5.92 Å². The highest BCUT2D eigenvalue weighted by molar-refractivity contribution is 4.88. The fraction of sp³-hybridized carbons (Fsp3) is 0.857. The van der Waals surface area contributed by atoms with Gasteiger partial charge in [-0.2, -0.15) is 0 Å². The fourth-order valence-corrected chi connectivity index (χ4v) is 2.62. The van der Waals surface area contributed by atoms with E-state index in [0.29, 0.717) is 0 Å². The summed E-state index contributed by atoms with van der Waals surface area (Å²) < 4.78 is 5.72. The van der Waals surface area contributed by atoms with Crippen molar-refractivity contribution in [1.29, 1.82) is 0 Å². The number of aryl methyl sites for hydroxylation is 1. The lowest BCUT2D eigenvalue weighted by atomic mass is 10.0. The predicted octanol–water partition coefficient (Wildman–Crippen LogP) is 3.25. The third-order valence-corrected chi connectivity index (χ3v) is 3.79. The van der Waals surface area contributed by atoms with Crippen LogP contribution in [0.1, 0.15) is 70.2 Å². The van der Waals surface area contributed by atoms with Gasteiger partial charge in [0.05, 0.1) is 6.04 Å². The Bertz CT molecular complexity index is 345. The molecule has 1 aliphatic carbocycles. The van der Waals surface area contributed by atoms with Crippen molar-refractivity contribution in [3.8, 4) is 0 Å². The molecule has 1 saturated carbocycles. The van der Waals surface area contributed by atoms with E-state index in [1.165, 1.54) is 32.1 Å². The molecule has 4 heteroatoms. The molecule has 18 heavy (non-hydrogen) atoms. The van der Waals surface area contributed by atoms with E-state index in [1.807, 2.05) is 0 Å². The smallest absolute Gasteiger partial charge is 0.233 e. The zero-order valence-corrected chi connectivity index (χ0v) is 11.6. The normalized spacial score (nSPS) is 18.3. The Morgan fingerprint density at radius 1 is 1.33 bits per heavy atom. The molecule has 1 heterocycles. The molecule has 0 aliphatic heterocycles. The summed E-state index contributed by atoms with van der Waals surface area (Å²) in [4.78, 5) is 0. The van der Waals surface area contributed by atoms with Crippen molar-refractivity contribution in [1.82, 2.24) is 15.5 Å². The second-order valence-electron chi connectivity index (χ2n) is 5.40. The number of nitrogens with zero attached hydrogens (tertiary/aromatic N) is 2. The Balaban J connectivity index is 1.77.